The molecule has 9 heteroatoms. The summed E-state index contributed by atoms with van der Waals surface area (Å²) in [6.45, 7) is -1.33. The molecular weight excluding hydrogens is 307 g/mol. The monoisotopic (exact) mass is 315 g/mol. The predicted molar refractivity (Wildman–Crippen MR) is 59.2 cm³/mol. The maximum atomic E-state index is 12.0. The van der Waals surface area contributed by atoms with E-state index in [0.717, 1.165) is 9.13 Å². The van der Waals surface area contributed by atoms with E-state index in [1.54, 1.807) is 0 Å². The number of anilines is 1. The minimum atomic E-state index is -4.43. The van der Waals surface area contributed by atoms with E-state index in [4.69, 9.17) is 0 Å². The third-order valence-corrected chi connectivity index (χ3v) is 2.78. The van der Waals surface area contributed by atoms with Crippen LogP contribution in [-0.2, 0) is 14.1 Å². The molecule has 0 radical (unpaired) electrons. The zero-order valence-electron chi connectivity index (χ0n) is 8.93. The van der Waals surface area contributed by atoms with Crippen LogP contribution in [0.1, 0.15) is 0 Å². The highest BCUT2D eigenvalue weighted by Crippen LogP contribution is 2.19. The first-order chi connectivity index (χ1) is 7.65. The van der Waals surface area contributed by atoms with Gasteiger partial charge in [-0.2, -0.15) is 13.2 Å². The zero-order chi connectivity index (χ0) is 13.4. The van der Waals surface area contributed by atoms with Crippen LogP contribution in [0.2, 0.25) is 0 Å². The molecule has 1 aromatic rings. The lowest BCUT2D eigenvalue weighted by Crippen LogP contribution is -2.39. The van der Waals surface area contributed by atoms with Crippen molar-refractivity contribution in [2.24, 2.45) is 14.1 Å². The summed E-state index contributed by atoms with van der Waals surface area (Å²) in [5.74, 6) is -0.199. The third-order valence-electron chi connectivity index (χ3n) is 2.07. The van der Waals surface area contributed by atoms with Crippen LogP contribution in [-0.4, -0.2) is 21.9 Å². The smallest absolute Gasteiger partial charge is 0.361 e. The van der Waals surface area contributed by atoms with Crippen LogP contribution < -0.4 is 16.6 Å². The largest absolute Gasteiger partial charge is 0.405 e. The maximum absolute atomic E-state index is 12.0. The van der Waals surface area contributed by atoms with Gasteiger partial charge in [0.15, 0.2) is 0 Å². The molecule has 0 aromatic carbocycles. The molecule has 0 aliphatic heterocycles. The summed E-state index contributed by atoms with van der Waals surface area (Å²) in [6, 6.07) is 0. The first-order valence-corrected chi connectivity index (χ1v) is 5.20. The molecule has 1 N–H and O–H groups in total. The van der Waals surface area contributed by atoms with E-state index in [0.29, 0.717) is 0 Å². The van der Waals surface area contributed by atoms with E-state index in [1.165, 1.54) is 14.1 Å². The van der Waals surface area contributed by atoms with E-state index in [9.17, 15) is 22.8 Å². The van der Waals surface area contributed by atoms with Crippen LogP contribution in [0.3, 0.4) is 0 Å². The maximum Gasteiger partial charge on any atom is 0.405 e. The molecule has 0 saturated heterocycles. The van der Waals surface area contributed by atoms with Gasteiger partial charge in [0.05, 0.1) is 0 Å². The molecule has 0 unspecified atom stereocenters. The normalized spacial score (nSPS) is 11.6. The number of aromatic nitrogens is 2. The van der Waals surface area contributed by atoms with Crippen molar-refractivity contribution >= 4 is 21.7 Å². The minimum absolute atomic E-state index is 0.119. The second-order valence-electron chi connectivity index (χ2n) is 3.34. The number of halogens is 4. The van der Waals surface area contributed by atoms with E-state index >= 15 is 0 Å². The third kappa shape index (κ3) is 2.90. The van der Waals surface area contributed by atoms with Gasteiger partial charge in [-0.05, 0) is 15.9 Å². The van der Waals surface area contributed by atoms with E-state index in [2.05, 4.69) is 15.9 Å². The summed E-state index contributed by atoms with van der Waals surface area (Å²) in [4.78, 5) is 22.9. The Morgan fingerprint density at radius 3 is 2.24 bits per heavy atom. The van der Waals surface area contributed by atoms with Gasteiger partial charge in [0.2, 0.25) is 0 Å². The van der Waals surface area contributed by atoms with E-state index in [-0.39, 0.29) is 10.3 Å². The molecule has 1 aromatic heterocycles. The molecule has 0 bridgehead atoms. The van der Waals surface area contributed by atoms with Crippen molar-refractivity contribution in [3.05, 3.63) is 25.3 Å². The molecule has 0 saturated carbocycles. The van der Waals surface area contributed by atoms with Crippen LogP contribution in [0.15, 0.2) is 14.1 Å². The molecule has 0 atom stereocenters. The van der Waals surface area contributed by atoms with Gasteiger partial charge in [-0.25, -0.2) is 4.79 Å². The van der Waals surface area contributed by atoms with Crippen molar-refractivity contribution < 1.29 is 13.2 Å². The van der Waals surface area contributed by atoms with Gasteiger partial charge >= 0.3 is 11.9 Å². The van der Waals surface area contributed by atoms with Crippen molar-refractivity contribution in [2.45, 2.75) is 6.18 Å². The topological polar surface area (TPSA) is 56.0 Å². The molecule has 17 heavy (non-hydrogen) atoms. The quantitative estimate of drug-likeness (QED) is 0.879. The Morgan fingerprint density at radius 2 is 1.76 bits per heavy atom. The van der Waals surface area contributed by atoms with E-state index < -0.39 is 24.0 Å². The summed E-state index contributed by atoms with van der Waals surface area (Å²) >= 11 is 2.86. The van der Waals surface area contributed by atoms with Crippen molar-refractivity contribution in [3.8, 4) is 0 Å². The van der Waals surface area contributed by atoms with Gasteiger partial charge in [0.1, 0.15) is 16.8 Å². The standard InChI is InChI=1S/C8H9BrF3N3O2/c1-14-5(13-3-8(10,11)12)4(9)6(16)15(2)7(14)17/h13H,3H2,1-2H3. The van der Waals surface area contributed by atoms with Crippen molar-refractivity contribution in [3.63, 3.8) is 0 Å². The van der Waals surface area contributed by atoms with Crippen LogP contribution >= 0.6 is 15.9 Å². The van der Waals surface area contributed by atoms with Gasteiger partial charge < -0.3 is 5.32 Å². The molecule has 0 aliphatic rings. The fourth-order valence-corrected chi connectivity index (χ4v) is 1.86. The number of hydrogen-bond acceptors (Lipinski definition) is 3. The second kappa shape index (κ2) is 4.55. The lowest BCUT2D eigenvalue weighted by molar-refractivity contribution is -0.115. The molecule has 0 fully saturated rings. The van der Waals surface area contributed by atoms with Gasteiger partial charge in [-0.15, -0.1) is 0 Å². The number of nitrogens with one attached hydrogen (secondary N) is 1. The van der Waals surface area contributed by atoms with Gasteiger partial charge in [0, 0.05) is 14.1 Å². The lowest BCUT2D eigenvalue weighted by atomic mass is 10.5. The first-order valence-electron chi connectivity index (χ1n) is 4.41. The second-order valence-corrected chi connectivity index (χ2v) is 4.13. The number of hydrogen-bond donors (Lipinski definition) is 1. The highest BCUT2D eigenvalue weighted by molar-refractivity contribution is 9.10. The summed E-state index contributed by atoms with van der Waals surface area (Å²) in [5.41, 5.74) is -1.40. The number of alkyl halides is 3. The van der Waals surface area contributed by atoms with Crippen molar-refractivity contribution in [2.75, 3.05) is 11.9 Å². The van der Waals surface area contributed by atoms with Crippen LogP contribution in [0.25, 0.3) is 0 Å². The number of rotatable bonds is 2. The molecule has 5 nitrogen and oxygen atoms in total. The predicted octanol–water partition coefficient (Wildman–Crippen LogP) is 0.821. The molecule has 1 heterocycles. The average Bonchev–Trinajstić information content (AvgIpc) is 2.22. The molecule has 1 rings (SSSR count). The van der Waals surface area contributed by atoms with Crippen LogP contribution in [0, 0.1) is 0 Å². The van der Waals surface area contributed by atoms with E-state index in [1.807, 2.05) is 5.32 Å². The SMILES string of the molecule is Cn1c(NCC(F)(F)F)c(Br)c(=O)n(C)c1=O. The Morgan fingerprint density at radius 1 is 1.24 bits per heavy atom. The van der Waals surface area contributed by atoms with Crippen LogP contribution in [0.5, 0.6) is 0 Å². The zero-order valence-corrected chi connectivity index (χ0v) is 10.5. The Hall–Kier alpha value is -1.25. The molecule has 96 valence electrons. The van der Waals surface area contributed by atoms with Gasteiger partial charge in [0.25, 0.3) is 5.56 Å². The van der Waals surface area contributed by atoms with Crippen LogP contribution in [0.4, 0.5) is 19.0 Å². The summed E-state index contributed by atoms with van der Waals surface area (Å²) in [7, 11) is 2.51. The summed E-state index contributed by atoms with van der Waals surface area (Å²) < 4.78 is 37.7. The highest BCUT2D eigenvalue weighted by atomic mass is 79.9. The fourth-order valence-electron chi connectivity index (χ4n) is 1.18. The summed E-state index contributed by atoms with van der Waals surface area (Å²) in [5, 5.41) is 2.01. The number of nitrogens with zero attached hydrogens (tertiary/aromatic N) is 2. The average molecular weight is 316 g/mol. The van der Waals surface area contributed by atoms with Crippen molar-refractivity contribution in [1.29, 1.82) is 0 Å². The highest BCUT2D eigenvalue weighted by Gasteiger charge is 2.28. The Bertz CT molecular complexity index is 509. The van der Waals surface area contributed by atoms with Crippen molar-refractivity contribution in [1.82, 2.24) is 9.13 Å². The Labute approximate surface area is 102 Å². The molecule has 0 amide bonds. The Kier molecular flexibility index (Phi) is 3.70. The molecule has 0 aliphatic carbocycles. The Balaban J connectivity index is 3.26. The fraction of sp³-hybridized carbons (Fsp3) is 0.500. The minimum Gasteiger partial charge on any atom is -0.361 e. The molecule has 0 spiro atoms. The molecular formula is C8H9BrF3N3O2. The van der Waals surface area contributed by atoms with Gasteiger partial charge in [-0.1, -0.05) is 0 Å². The summed E-state index contributed by atoms with van der Waals surface area (Å²) in [6.07, 6.45) is -4.43. The first kappa shape index (κ1) is 13.8. The lowest BCUT2D eigenvalue weighted by Gasteiger charge is -2.14. The van der Waals surface area contributed by atoms with Gasteiger partial charge in [-0.3, -0.25) is 13.9 Å².